The first kappa shape index (κ1) is 14.4. The zero-order chi connectivity index (χ0) is 14.0. The van der Waals surface area contributed by atoms with Crippen LogP contribution in [0.3, 0.4) is 0 Å². The summed E-state index contributed by atoms with van der Waals surface area (Å²) >= 11 is 0. The third kappa shape index (κ3) is 3.97. The van der Waals surface area contributed by atoms with E-state index in [1.807, 2.05) is 12.1 Å². The van der Waals surface area contributed by atoms with Crippen LogP contribution in [0.2, 0.25) is 0 Å². The van der Waals surface area contributed by atoms with Gasteiger partial charge in [-0.25, -0.2) is 0 Å². The van der Waals surface area contributed by atoms with Gasteiger partial charge < -0.3 is 10.5 Å². The molecule has 2 heteroatoms. The van der Waals surface area contributed by atoms with Crippen LogP contribution >= 0.6 is 0 Å². The minimum atomic E-state index is 0.145. The van der Waals surface area contributed by atoms with Crippen LogP contribution in [-0.4, -0.2) is 6.10 Å². The molecule has 0 saturated heterocycles. The van der Waals surface area contributed by atoms with E-state index in [0.29, 0.717) is 11.5 Å². The Morgan fingerprint density at radius 2 is 1.84 bits per heavy atom. The van der Waals surface area contributed by atoms with Crippen LogP contribution < -0.4 is 5.73 Å². The van der Waals surface area contributed by atoms with Crippen molar-refractivity contribution in [3.05, 3.63) is 29.8 Å². The lowest BCUT2D eigenvalue weighted by Gasteiger charge is -2.39. The summed E-state index contributed by atoms with van der Waals surface area (Å²) in [4.78, 5) is 0. The van der Waals surface area contributed by atoms with Crippen LogP contribution in [0, 0.1) is 11.3 Å². The first-order valence-electron chi connectivity index (χ1n) is 7.36. The van der Waals surface area contributed by atoms with E-state index in [4.69, 9.17) is 10.5 Å². The second kappa shape index (κ2) is 5.54. The molecule has 1 aromatic rings. The highest BCUT2D eigenvalue weighted by molar-refractivity contribution is 5.39. The monoisotopic (exact) mass is 261 g/mol. The Morgan fingerprint density at radius 1 is 1.21 bits per heavy atom. The molecule has 1 aliphatic rings. The van der Waals surface area contributed by atoms with Crippen molar-refractivity contribution in [2.45, 2.75) is 59.2 Å². The van der Waals surface area contributed by atoms with Crippen LogP contribution in [0.25, 0.3) is 0 Å². The van der Waals surface area contributed by atoms with Gasteiger partial charge in [-0.2, -0.15) is 0 Å². The van der Waals surface area contributed by atoms with Gasteiger partial charge >= 0.3 is 0 Å². The third-order valence-electron chi connectivity index (χ3n) is 4.15. The van der Waals surface area contributed by atoms with Gasteiger partial charge in [-0.15, -0.1) is 0 Å². The average Bonchev–Trinajstić information content (AvgIpc) is 2.26. The molecular weight excluding hydrogens is 234 g/mol. The van der Waals surface area contributed by atoms with E-state index in [0.717, 1.165) is 18.0 Å². The van der Waals surface area contributed by atoms with E-state index in [2.05, 4.69) is 39.8 Å². The van der Waals surface area contributed by atoms with Crippen molar-refractivity contribution in [2.75, 3.05) is 5.73 Å². The molecule has 0 aliphatic heterocycles. The highest BCUT2D eigenvalue weighted by Gasteiger charge is 2.33. The molecule has 1 fully saturated rings. The van der Waals surface area contributed by atoms with Crippen molar-refractivity contribution in [2.24, 2.45) is 11.3 Å². The fraction of sp³-hybridized carbons (Fsp3) is 0.647. The minimum absolute atomic E-state index is 0.145. The van der Waals surface area contributed by atoms with Crippen LogP contribution in [0.5, 0.6) is 0 Å². The Kier molecular flexibility index (Phi) is 4.19. The summed E-state index contributed by atoms with van der Waals surface area (Å²) in [7, 11) is 0. The lowest BCUT2D eigenvalue weighted by atomic mass is 9.71. The van der Waals surface area contributed by atoms with Crippen LogP contribution in [-0.2, 0) is 4.74 Å². The molecule has 19 heavy (non-hydrogen) atoms. The van der Waals surface area contributed by atoms with Crippen molar-refractivity contribution in [3.63, 3.8) is 0 Å². The van der Waals surface area contributed by atoms with Crippen LogP contribution in [0.15, 0.2) is 24.3 Å². The van der Waals surface area contributed by atoms with Gasteiger partial charge in [0.25, 0.3) is 0 Å². The number of hydrogen-bond acceptors (Lipinski definition) is 2. The molecule has 3 unspecified atom stereocenters. The zero-order valence-corrected chi connectivity index (χ0v) is 12.6. The Hall–Kier alpha value is -1.02. The maximum Gasteiger partial charge on any atom is 0.0800 e. The maximum atomic E-state index is 6.28. The average molecular weight is 261 g/mol. The molecule has 0 radical (unpaired) electrons. The summed E-state index contributed by atoms with van der Waals surface area (Å²) < 4.78 is 6.28. The molecule has 106 valence electrons. The fourth-order valence-electron chi connectivity index (χ4n) is 3.50. The van der Waals surface area contributed by atoms with E-state index < -0.39 is 0 Å². The minimum Gasteiger partial charge on any atom is -0.399 e. The summed E-state index contributed by atoms with van der Waals surface area (Å²) in [6.45, 7) is 9.18. The molecule has 0 aromatic heterocycles. The lowest BCUT2D eigenvalue weighted by Crippen LogP contribution is -2.33. The quantitative estimate of drug-likeness (QED) is 0.809. The van der Waals surface area contributed by atoms with Gasteiger partial charge in [-0.1, -0.05) is 32.9 Å². The van der Waals surface area contributed by atoms with E-state index in [1.165, 1.54) is 18.4 Å². The summed E-state index contributed by atoms with van der Waals surface area (Å²) in [6, 6.07) is 8.03. The predicted molar refractivity (Wildman–Crippen MR) is 80.9 cm³/mol. The standard InChI is InChI=1S/C17H27NO/c1-12-9-16(11-17(3,4)10-12)19-13(2)14-5-7-15(18)8-6-14/h5-8,12-13,16H,9-11,18H2,1-4H3. The third-order valence-corrected chi connectivity index (χ3v) is 4.15. The lowest BCUT2D eigenvalue weighted by molar-refractivity contribution is -0.0601. The number of nitrogen functional groups attached to an aromatic ring is 1. The van der Waals surface area contributed by atoms with Crippen LogP contribution in [0.1, 0.15) is 58.6 Å². The van der Waals surface area contributed by atoms with Crippen molar-refractivity contribution in [3.8, 4) is 0 Å². The van der Waals surface area contributed by atoms with Gasteiger partial charge in [0.05, 0.1) is 12.2 Å². The largest absolute Gasteiger partial charge is 0.399 e. The van der Waals surface area contributed by atoms with Crippen LogP contribution in [0.4, 0.5) is 5.69 Å². The molecule has 2 nitrogen and oxygen atoms in total. The van der Waals surface area contributed by atoms with Gasteiger partial charge in [0.15, 0.2) is 0 Å². The predicted octanol–water partition coefficient (Wildman–Crippen LogP) is 4.56. The normalized spacial score (nSPS) is 28.0. The molecule has 0 heterocycles. The number of rotatable bonds is 3. The molecule has 0 amide bonds. The number of benzene rings is 1. The summed E-state index contributed by atoms with van der Waals surface area (Å²) in [5.41, 5.74) is 8.15. The highest BCUT2D eigenvalue weighted by atomic mass is 16.5. The number of anilines is 1. The van der Waals surface area contributed by atoms with Crippen molar-refractivity contribution < 1.29 is 4.74 Å². The molecule has 1 aromatic carbocycles. The second-order valence-corrected chi connectivity index (χ2v) is 6.98. The van der Waals surface area contributed by atoms with E-state index >= 15 is 0 Å². The van der Waals surface area contributed by atoms with E-state index in [9.17, 15) is 0 Å². The maximum absolute atomic E-state index is 6.28. The highest BCUT2D eigenvalue weighted by Crippen LogP contribution is 2.41. The molecule has 0 spiro atoms. The Morgan fingerprint density at radius 3 is 2.42 bits per heavy atom. The Bertz CT molecular complexity index is 410. The molecular formula is C17H27NO. The molecule has 2 rings (SSSR count). The second-order valence-electron chi connectivity index (χ2n) is 6.98. The Labute approximate surface area is 117 Å². The summed E-state index contributed by atoms with van der Waals surface area (Å²) in [5, 5.41) is 0. The van der Waals surface area contributed by atoms with Gasteiger partial charge in [0, 0.05) is 5.69 Å². The fourth-order valence-corrected chi connectivity index (χ4v) is 3.50. The topological polar surface area (TPSA) is 35.2 Å². The van der Waals surface area contributed by atoms with E-state index in [1.54, 1.807) is 0 Å². The SMILES string of the molecule is CC1CC(OC(C)c2ccc(N)cc2)CC(C)(C)C1. The van der Waals surface area contributed by atoms with Gasteiger partial charge in [-0.05, 0) is 55.2 Å². The molecule has 1 saturated carbocycles. The molecule has 1 aliphatic carbocycles. The number of hydrogen-bond donors (Lipinski definition) is 1. The van der Waals surface area contributed by atoms with Crippen molar-refractivity contribution >= 4 is 5.69 Å². The van der Waals surface area contributed by atoms with Gasteiger partial charge in [0.2, 0.25) is 0 Å². The first-order valence-corrected chi connectivity index (χ1v) is 7.36. The Balaban J connectivity index is 1.98. The van der Waals surface area contributed by atoms with Crippen molar-refractivity contribution in [1.29, 1.82) is 0 Å². The molecule has 3 atom stereocenters. The summed E-state index contributed by atoms with van der Waals surface area (Å²) in [6.07, 6.45) is 4.18. The van der Waals surface area contributed by atoms with E-state index in [-0.39, 0.29) is 6.10 Å². The molecule has 2 N–H and O–H groups in total. The smallest absolute Gasteiger partial charge is 0.0800 e. The van der Waals surface area contributed by atoms with Crippen molar-refractivity contribution in [1.82, 2.24) is 0 Å². The van der Waals surface area contributed by atoms with Gasteiger partial charge in [0.1, 0.15) is 0 Å². The zero-order valence-electron chi connectivity index (χ0n) is 12.6. The molecule has 0 bridgehead atoms. The summed E-state index contributed by atoms with van der Waals surface area (Å²) in [5.74, 6) is 0.757. The number of ether oxygens (including phenoxy) is 1. The van der Waals surface area contributed by atoms with Gasteiger partial charge in [-0.3, -0.25) is 0 Å². The first-order chi connectivity index (χ1) is 8.85. The number of nitrogens with two attached hydrogens (primary N) is 1.